The molecule has 0 aromatic heterocycles. The zero-order valence-electron chi connectivity index (χ0n) is 10.4. The molecule has 0 heterocycles. The van der Waals surface area contributed by atoms with Crippen molar-refractivity contribution in [2.24, 2.45) is 5.73 Å². The number of rotatable bonds is 6. The van der Waals surface area contributed by atoms with Crippen LogP contribution in [0.2, 0.25) is 0 Å². The van der Waals surface area contributed by atoms with E-state index in [2.05, 4.69) is 4.72 Å². The lowest BCUT2D eigenvalue weighted by Crippen LogP contribution is -2.24. The predicted octanol–water partition coefficient (Wildman–Crippen LogP) is 0.696. The number of nitro benzene ring substituents is 1. The van der Waals surface area contributed by atoms with Gasteiger partial charge in [0.15, 0.2) is 0 Å². The van der Waals surface area contributed by atoms with Crippen LogP contribution < -0.4 is 10.5 Å². The van der Waals surface area contributed by atoms with E-state index < -0.39 is 14.9 Å². The van der Waals surface area contributed by atoms with Crippen LogP contribution in [-0.2, 0) is 10.0 Å². The van der Waals surface area contributed by atoms with Crippen molar-refractivity contribution in [1.29, 1.82) is 0 Å². The van der Waals surface area contributed by atoms with Crippen LogP contribution in [0.25, 0.3) is 0 Å². The molecule has 0 saturated heterocycles. The van der Waals surface area contributed by atoms with Gasteiger partial charge >= 0.3 is 0 Å². The highest BCUT2D eigenvalue weighted by molar-refractivity contribution is 7.89. The Hall–Kier alpha value is -1.77. The molecule has 0 amide bonds. The molecule has 0 bridgehead atoms. The van der Waals surface area contributed by atoms with E-state index in [0.717, 1.165) is 0 Å². The molecule has 0 saturated carbocycles. The van der Waals surface area contributed by atoms with Gasteiger partial charge in [0, 0.05) is 24.7 Å². The number of nitrogens with zero attached hydrogens (tertiary/aromatic N) is 1. The van der Waals surface area contributed by atoms with Crippen LogP contribution >= 0.6 is 0 Å². The Morgan fingerprint density at radius 1 is 1.42 bits per heavy atom. The summed E-state index contributed by atoms with van der Waals surface area (Å²) in [7, 11) is -3.77. The fraction of sp³-hybridized carbons (Fsp3) is 0.273. The second kappa shape index (κ2) is 6.41. The van der Waals surface area contributed by atoms with Gasteiger partial charge in [-0.1, -0.05) is 18.2 Å². The first kappa shape index (κ1) is 15.3. The summed E-state index contributed by atoms with van der Waals surface area (Å²) in [5.74, 6) is 0. The molecule has 19 heavy (non-hydrogen) atoms. The second-order valence-electron chi connectivity index (χ2n) is 3.72. The standard InChI is InChI=1S/C11H15N3O4S/c1-9-10(14(15)16)5-4-6-11(9)19(17,18)13-8-3-2-7-12/h2-6,13H,7-8,12H2,1H3/b3-2+. The van der Waals surface area contributed by atoms with Crippen LogP contribution in [-0.4, -0.2) is 26.4 Å². The van der Waals surface area contributed by atoms with E-state index >= 15 is 0 Å². The van der Waals surface area contributed by atoms with E-state index in [1.54, 1.807) is 12.2 Å². The van der Waals surface area contributed by atoms with Crippen LogP contribution in [0, 0.1) is 17.0 Å². The Bertz CT molecular complexity index is 596. The Labute approximate surface area is 111 Å². The Balaban J connectivity index is 3.05. The molecule has 0 aliphatic heterocycles. The molecular formula is C11H15N3O4S. The van der Waals surface area contributed by atoms with Gasteiger partial charge in [-0.3, -0.25) is 10.1 Å². The zero-order chi connectivity index (χ0) is 14.5. The average molecular weight is 285 g/mol. The maximum Gasteiger partial charge on any atom is 0.273 e. The van der Waals surface area contributed by atoms with E-state index in [1.807, 2.05) is 0 Å². The van der Waals surface area contributed by atoms with Crippen molar-refractivity contribution in [3.05, 3.63) is 46.0 Å². The number of nitrogens with one attached hydrogen (secondary N) is 1. The SMILES string of the molecule is Cc1c([N+](=O)[O-])cccc1S(=O)(=O)NC/C=C/CN. The molecule has 7 nitrogen and oxygen atoms in total. The van der Waals surface area contributed by atoms with Gasteiger partial charge in [-0.25, -0.2) is 13.1 Å². The molecule has 3 N–H and O–H groups in total. The molecule has 1 aromatic rings. The number of nitrogens with two attached hydrogens (primary N) is 1. The van der Waals surface area contributed by atoms with E-state index in [-0.39, 0.29) is 22.7 Å². The number of benzene rings is 1. The Kier molecular flexibility index (Phi) is 5.16. The summed E-state index contributed by atoms with van der Waals surface area (Å²) in [6.07, 6.45) is 3.19. The van der Waals surface area contributed by atoms with Crippen molar-refractivity contribution >= 4 is 15.7 Å². The maximum absolute atomic E-state index is 12.0. The van der Waals surface area contributed by atoms with Gasteiger partial charge in [-0.05, 0) is 13.0 Å². The molecule has 8 heteroatoms. The lowest BCUT2D eigenvalue weighted by molar-refractivity contribution is -0.385. The van der Waals surface area contributed by atoms with E-state index in [4.69, 9.17) is 5.73 Å². The van der Waals surface area contributed by atoms with Gasteiger partial charge < -0.3 is 5.73 Å². The number of nitro groups is 1. The highest BCUT2D eigenvalue weighted by Gasteiger charge is 2.21. The molecule has 104 valence electrons. The Morgan fingerprint density at radius 3 is 2.68 bits per heavy atom. The minimum absolute atomic E-state index is 0.0850. The van der Waals surface area contributed by atoms with Crippen molar-refractivity contribution in [2.45, 2.75) is 11.8 Å². The molecule has 0 aliphatic carbocycles. The highest BCUT2D eigenvalue weighted by atomic mass is 32.2. The summed E-state index contributed by atoms with van der Waals surface area (Å²) in [6.45, 7) is 1.81. The third-order valence-electron chi connectivity index (χ3n) is 2.44. The van der Waals surface area contributed by atoms with Crippen LogP contribution in [0.15, 0.2) is 35.2 Å². The molecule has 0 fully saturated rings. The van der Waals surface area contributed by atoms with E-state index in [0.29, 0.717) is 6.54 Å². The summed E-state index contributed by atoms with van der Waals surface area (Å²) >= 11 is 0. The van der Waals surface area contributed by atoms with Crippen LogP contribution in [0.1, 0.15) is 5.56 Å². The van der Waals surface area contributed by atoms with E-state index in [9.17, 15) is 18.5 Å². The summed E-state index contributed by atoms with van der Waals surface area (Å²) in [5, 5.41) is 10.8. The summed E-state index contributed by atoms with van der Waals surface area (Å²) in [4.78, 5) is 10.1. The van der Waals surface area contributed by atoms with Crippen LogP contribution in [0.4, 0.5) is 5.69 Å². The molecule has 0 spiro atoms. The van der Waals surface area contributed by atoms with Gasteiger partial charge in [-0.15, -0.1) is 0 Å². The maximum atomic E-state index is 12.0. The predicted molar refractivity (Wildman–Crippen MR) is 71.2 cm³/mol. The first-order valence-electron chi connectivity index (χ1n) is 5.49. The molecule has 1 rings (SSSR count). The molecule has 0 atom stereocenters. The molecule has 0 radical (unpaired) electrons. The third-order valence-corrected chi connectivity index (χ3v) is 4.00. The largest absolute Gasteiger partial charge is 0.327 e. The van der Waals surface area contributed by atoms with Crippen LogP contribution in [0.5, 0.6) is 0 Å². The lowest BCUT2D eigenvalue weighted by atomic mass is 10.2. The minimum atomic E-state index is -3.77. The summed E-state index contributed by atoms with van der Waals surface area (Å²) in [5.41, 5.74) is 5.12. The number of hydrogen-bond acceptors (Lipinski definition) is 5. The van der Waals surface area contributed by atoms with Crippen LogP contribution in [0.3, 0.4) is 0 Å². The third kappa shape index (κ3) is 3.85. The highest BCUT2D eigenvalue weighted by Crippen LogP contribution is 2.24. The molecule has 0 aliphatic rings. The van der Waals surface area contributed by atoms with Gasteiger partial charge in [0.25, 0.3) is 5.69 Å². The van der Waals surface area contributed by atoms with Crippen molar-refractivity contribution in [3.8, 4) is 0 Å². The average Bonchev–Trinajstić information content (AvgIpc) is 2.34. The molecule has 0 unspecified atom stereocenters. The quantitative estimate of drug-likeness (QED) is 0.453. The fourth-order valence-corrected chi connectivity index (χ4v) is 2.74. The summed E-state index contributed by atoms with van der Waals surface area (Å²) < 4.78 is 26.3. The smallest absolute Gasteiger partial charge is 0.273 e. The van der Waals surface area contributed by atoms with Gasteiger partial charge in [0.2, 0.25) is 10.0 Å². The first-order valence-corrected chi connectivity index (χ1v) is 6.97. The van der Waals surface area contributed by atoms with Gasteiger partial charge in [-0.2, -0.15) is 0 Å². The normalized spacial score (nSPS) is 11.9. The Morgan fingerprint density at radius 2 is 2.11 bits per heavy atom. The molecule has 1 aromatic carbocycles. The van der Waals surface area contributed by atoms with Crippen molar-refractivity contribution in [1.82, 2.24) is 4.72 Å². The topological polar surface area (TPSA) is 115 Å². The summed E-state index contributed by atoms with van der Waals surface area (Å²) in [6, 6.07) is 3.94. The van der Waals surface area contributed by atoms with Crippen molar-refractivity contribution in [2.75, 3.05) is 13.1 Å². The zero-order valence-corrected chi connectivity index (χ0v) is 11.2. The van der Waals surface area contributed by atoms with E-state index in [1.165, 1.54) is 25.1 Å². The first-order chi connectivity index (χ1) is 8.90. The second-order valence-corrected chi connectivity index (χ2v) is 5.45. The minimum Gasteiger partial charge on any atom is -0.327 e. The number of sulfonamides is 1. The number of hydrogen-bond donors (Lipinski definition) is 2. The fourth-order valence-electron chi connectivity index (χ4n) is 1.51. The van der Waals surface area contributed by atoms with Gasteiger partial charge in [0.05, 0.1) is 9.82 Å². The van der Waals surface area contributed by atoms with Crippen molar-refractivity contribution in [3.63, 3.8) is 0 Å². The lowest BCUT2D eigenvalue weighted by Gasteiger charge is -2.07. The van der Waals surface area contributed by atoms with Crippen molar-refractivity contribution < 1.29 is 13.3 Å². The van der Waals surface area contributed by atoms with Gasteiger partial charge in [0.1, 0.15) is 0 Å². The molecular weight excluding hydrogens is 270 g/mol. The monoisotopic (exact) mass is 285 g/mol.